The summed E-state index contributed by atoms with van der Waals surface area (Å²) < 4.78 is 41.4. The molecule has 3 rings (SSSR count). The molecule has 168 valence electrons. The average Bonchev–Trinajstić information content (AvgIpc) is 2.77. The number of anilines is 1. The number of carbonyl (C=O) groups is 1. The van der Waals surface area contributed by atoms with Crippen molar-refractivity contribution in [3.63, 3.8) is 0 Å². The van der Waals surface area contributed by atoms with Gasteiger partial charge in [0.2, 0.25) is 10.0 Å². The van der Waals surface area contributed by atoms with Crippen molar-refractivity contribution in [3.05, 3.63) is 75.4 Å². The van der Waals surface area contributed by atoms with E-state index in [0.717, 1.165) is 3.57 Å². The summed E-state index contributed by atoms with van der Waals surface area (Å²) in [6, 6.07) is 16.3. The maximum atomic E-state index is 12.5. The molecule has 0 aliphatic heterocycles. The van der Waals surface area contributed by atoms with Crippen molar-refractivity contribution >= 4 is 44.2 Å². The van der Waals surface area contributed by atoms with Crippen molar-refractivity contribution in [1.29, 1.82) is 0 Å². The van der Waals surface area contributed by atoms with E-state index >= 15 is 0 Å². The van der Waals surface area contributed by atoms with Crippen LogP contribution in [0.1, 0.15) is 15.9 Å². The van der Waals surface area contributed by atoms with Crippen LogP contribution in [0.3, 0.4) is 0 Å². The van der Waals surface area contributed by atoms with Gasteiger partial charge in [-0.3, -0.25) is 4.79 Å². The molecule has 0 saturated carbocycles. The van der Waals surface area contributed by atoms with E-state index in [1.165, 1.54) is 32.4 Å². The van der Waals surface area contributed by atoms with Crippen molar-refractivity contribution in [2.75, 3.05) is 19.5 Å². The summed E-state index contributed by atoms with van der Waals surface area (Å²) in [7, 11) is -1.01. The molecule has 3 aromatic rings. The molecule has 0 bridgehead atoms. The highest BCUT2D eigenvalue weighted by Crippen LogP contribution is 2.30. The van der Waals surface area contributed by atoms with E-state index in [1.807, 2.05) is 12.1 Å². The quantitative estimate of drug-likeness (QED) is 0.400. The van der Waals surface area contributed by atoms with Crippen molar-refractivity contribution in [3.8, 4) is 17.2 Å². The predicted molar refractivity (Wildman–Crippen MR) is 129 cm³/mol. The van der Waals surface area contributed by atoms with Gasteiger partial charge in [-0.2, -0.15) is 0 Å². The van der Waals surface area contributed by atoms with Crippen molar-refractivity contribution in [2.24, 2.45) is 5.14 Å². The second-order valence-electron chi connectivity index (χ2n) is 6.63. The molecule has 0 aliphatic carbocycles. The lowest BCUT2D eigenvalue weighted by Crippen LogP contribution is -2.15. The summed E-state index contributed by atoms with van der Waals surface area (Å²) in [5.74, 6) is 0.795. The predicted octanol–water partition coefficient (Wildman–Crippen LogP) is 3.79. The number of rotatable bonds is 8. The monoisotopic (exact) mass is 568 g/mol. The van der Waals surface area contributed by atoms with E-state index in [2.05, 4.69) is 27.9 Å². The van der Waals surface area contributed by atoms with Gasteiger partial charge in [-0.15, -0.1) is 0 Å². The number of sulfonamides is 1. The number of primary sulfonamides is 1. The highest BCUT2D eigenvalue weighted by Gasteiger charge is 2.18. The van der Waals surface area contributed by atoms with Crippen LogP contribution >= 0.6 is 22.6 Å². The minimum absolute atomic E-state index is 0.00205. The number of ether oxygens (including phenoxy) is 3. The first-order valence-corrected chi connectivity index (χ1v) is 11.9. The third-order valence-corrected chi connectivity index (χ3v) is 6.15. The van der Waals surface area contributed by atoms with Crippen molar-refractivity contribution in [1.82, 2.24) is 0 Å². The number of hydrogen-bond donors (Lipinski definition) is 2. The highest BCUT2D eigenvalue weighted by molar-refractivity contribution is 14.1. The first-order chi connectivity index (χ1) is 15.2. The molecule has 8 nitrogen and oxygen atoms in total. The topological polar surface area (TPSA) is 117 Å². The van der Waals surface area contributed by atoms with Crippen LogP contribution in [0.15, 0.2) is 65.6 Å². The third-order valence-electron chi connectivity index (χ3n) is 4.49. The van der Waals surface area contributed by atoms with Crippen molar-refractivity contribution < 1.29 is 27.4 Å². The molecule has 3 N–H and O–H groups in total. The molecule has 0 aromatic heterocycles. The van der Waals surface area contributed by atoms with Gasteiger partial charge in [0.15, 0.2) is 0 Å². The Morgan fingerprint density at radius 1 is 0.969 bits per heavy atom. The molecule has 10 heteroatoms. The standard InChI is InChI=1S/C22H21IN2O6S/c1-29-18-8-9-19(30-2)15(11-18)13-31-20-12-17(7-10-21(20)32(24,27)28)25-22(26)14-3-5-16(23)6-4-14/h3-12H,13H2,1-2H3,(H,25,26)(H2,24,27,28). The van der Waals surface area contributed by atoms with Crippen LogP contribution in [0, 0.1) is 3.57 Å². The van der Waals surface area contributed by atoms with E-state index < -0.39 is 10.0 Å². The number of amides is 1. The Balaban J connectivity index is 1.88. The van der Waals surface area contributed by atoms with Crippen LogP contribution in [0.5, 0.6) is 17.2 Å². The average molecular weight is 568 g/mol. The normalized spacial score (nSPS) is 11.0. The van der Waals surface area contributed by atoms with E-state index in [9.17, 15) is 13.2 Å². The van der Waals surface area contributed by atoms with E-state index in [-0.39, 0.29) is 23.2 Å². The van der Waals surface area contributed by atoms with Gasteiger partial charge in [0.05, 0.1) is 14.2 Å². The molecule has 3 aromatic carbocycles. The number of nitrogens with one attached hydrogen (secondary N) is 1. The Morgan fingerprint density at radius 3 is 2.31 bits per heavy atom. The molecule has 1 amide bonds. The second kappa shape index (κ2) is 10.2. The third kappa shape index (κ3) is 5.90. The van der Waals surface area contributed by atoms with Gasteiger partial charge in [-0.25, -0.2) is 13.6 Å². The fraction of sp³-hybridized carbons (Fsp3) is 0.136. The van der Waals surface area contributed by atoms with Gasteiger partial charge < -0.3 is 19.5 Å². The molecule has 0 aliphatic rings. The van der Waals surface area contributed by atoms with Gasteiger partial charge in [-0.05, 0) is 77.2 Å². The molecule has 0 unspecified atom stereocenters. The summed E-state index contributed by atoms with van der Waals surface area (Å²) in [6.07, 6.45) is 0. The Hall–Kier alpha value is -2.83. The first kappa shape index (κ1) is 23.8. The van der Waals surface area contributed by atoms with Crippen LogP contribution in [0.2, 0.25) is 0 Å². The zero-order chi connectivity index (χ0) is 23.3. The fourth-order valence-corrected chi connectivity index (χ4v) is 3.90. The maximum Gasteiger partial charge on any atom is 0.255 e. The molecular formula is C22H21IN2O6S. The lowest BCUT2D eigenvalue weighted by Gasteiger charge is -2.15. The lowest BCUT2D eigenvalue weighted by molar-refractivity contribution is 0.102. The molecule has 0 radical (unpaired) electrons. The first-order valence-electron chi connectivity index (χ1n) is 9.28. The summed E-state index contributed by atoms with van der Waals surface area (Å²) in [5, 5.41) is 8.08. The molecule has 0 saturated heterocycles. The number of hydrogen-bond acceptors (Lipinski definition) is 6. The summed E-state index contributed by atoms with van der Waals surface area (Å²) >= 11 is 2.15. The van der Waals surface area contributed by atoms with E-state index in [4.69, 9.17) is 19.3 Å². The Morgan fingerprint density at radius 2 is 1.69 bits per heavy atom. The van der Waals surface area contributed by atoms with Crippen LogP contribution in [0.4, 0.5) is 5.69 Å². The van der Waals surface area contributed by atoms with Gasteiger partial charge in [0, 0.05) is 26.5 Å². The van der Waals surface area contributed by atoms with Crippen LogP contribution in [-0.4, -0.2) is 28.5 Å². The van der Waals surface area contributed by atoms with E-state index in [0.29, 0.717) is 28.3 Å². The number of methoxy groups -OCH3 is 2. The zero-order valence-corrected chi connectivity index (χ0v) is 20.3. The Labute approximate surface area is 199 Å². The summed E-state index contributed by atoms with van der Waals surface area (Å²) in [5.41, 5.74) is 1.46. The fourth-order valence-electron chi connectivity index (χ4n) is 2.89. The van der Waals surface area contributed by atoms with Gasteiger partial charge in [0.25, 0.3) is 5.91 Å². The molecule has 0 heterocycles. The zero-order valence-electron chi connectivity index (χ0n) is 17.3. The van der Waals surface area contributed by atoms with Crippen LogP contribution in [0.25, 0.3) is 0 Å². The van der Waals surface area contributed by atoms with Crippen LogP contribution in [-0.2, 0) is 16.6 Å². The molecule has 0 atom stereocenters. The molecule has 0 spiro atoms. The minimum atomic E-state index is -4.06. The van der Waals surface area contributed by atoms with Gasteiger partial charge in [-0.1, -0.05) is 0 Å². The highest BCUT2D eigenvalue weighted by atomic mass is 127. The summed E-state index contributed by atoms with van der Waals surface area (Å²) in [4.78, 5) is 12.3. The Kier molecular flexibility index (Phi) is 7.59. The molecule has 0 fully saturated rings. The lowest BCUT2D eigenvalue weighted by atomic mass is 10.2. The summed E-state index contributed by atoms with van der Waals surface area (Å²) in [6.45, 7) is -0.0165. The van der Waals surface area contributed by atoms with Gasteiger partial charge in [0.1, 0.15) is 28.8 Å². The molecular weight excluding hydrogens is 547 g/mol. The van der Waals surface area contributed by atoms with E-state index in [1.54, 1.807) is 30.3 Å². The number of nitrogens with two attached hydrogens (primary N) is 1. The van der Waals surface area contributed by atoms with Crippen molar-refractivity contribution in [2.45, 2.75) is 11.5 Å². The minimum Gasteiger partial charge on any atom is -0.497 e. The van der Waals surface area contributed by atoms with Crippen LogP contribution < -0.4 is 24.7 Å². The SMILES string of the molecule is COc1ccc(OC)c(COc2cc(NC(=O)c3ccc(I)cc3)ccc2S(N)(=O)=O)c1. The largest absolute Gasteiger partial charge is 0.497 e. The maximum absolute atomic E-state index is 12.5. The Bertz CT molecular complexity index is 1230. The number of carbonyl (C=O) groups excluding carboxylic acids is 1. The number of benzene rings is 3. The molecule has 32 heavy (non-hydrogen) atoms. The number of halogens is 1. The smallest absolute Gasteiger partial charge is 0.255 e. The second-order valence-corrected chi connectivity index (χ2v) is 9.41. The van der Waals surface area contributed by atoms with Gasteiger partial charge >= 0.3 is 0 Å².